The summed E-state index contributed by atoms with van der Waals surface area (Å²) < 4.78 is 5.74. The van der Waals surface area contributed by atoms with Gasteiger partial charge in [0.05, 0.1) is 21.5 Å². The van der Waals surface area contributed by atoms with E-state index in [2.05, 4.69) is 46.8 Å². The number of hydrogen-bond donors (Lipinski definition) is 0. The molecule has 3 aliphatic carbocycles. The lowest BCUT2D eigenvalue weighted by molar-refractivity contribution is -0.394. The molecule has 42 heavy (non-hydrogen) atoms. The van der Waals surface area contributed by atoms with Crippen LogP contribution in [0.5, 0.6) is 0 Å². The molecule has 0 N–H and O–H groups in total. The highest BCUT2D eigenvalue weighted by Gasteiger charge is 2.51. The van der Waals surface area contributed by atoms with Crippen molar-refractivity contribution in [3.8, 4) is 0 Å². The van der Waals surface area contributed by atoms with E-state index in [9.17, 15) is 25.0 Å². The number of fused-ring (bicyclic) bond motifs is 5. The second-order valence-corrected chi connectivity index (χ2v) is 13.8. The van der Waals surface area contributed by atoms with Crippen molar-refractivity contribution in [2.45, 2.75) is 104 Å². The van der Waals surface area contributed by atoms with Crippen molar-refractivity contribution in [1.82, 2.24) is 0 Å². The number of ether oxygens (including phenoxy) is 1. The Balaban J connectivity index is 1.29. The normalized spacial score (nSPS) is 26.1. The molecular formula is C34H44N2O6. The van der Waals surface area contributed by atoms with E-state index in [1.165, 1.54) is 54.4 Å². The molecule has 8 heteroatoms. The number of nitro groups is 2. The molecule has 3 aliphatic rings. The summed E-state index contributed by atoms with van der Waals surface area (Å²) in [7, 11) is 0. The summed E-state index contributed by atoms with van der Waals surface area (Å²) in [6.07, 6.45) is 9.20. The number of hydrogen-bond acceptors (Lipinski definition) is 6. The highest BCUT2D eigenvalue weighted by Crippen LogP contribution is 2.61. The van der Waals surface area contributed by atoms with Gasteiger partial charge in [0, 0.05) is 18.6 Å². The van der Waals surface area contributed by atoms with Crippen molar-refractivity contribution in [3.63, 3.8) is 0 Å². The van der Waals surface area contributed by atoms with E-state index in [-0.39, 0.29) is 11.7 Å². The third kappa shape index (κ3) is 5.69. The summed E-state index contributed by atoms with van der Waals surface area (Å²) in [6.45, 7) is 12.1. The molecule has 6 atom stereocenters. The van der Waals surface area contributed by atoms with Gasteiger partial charge >= 0.3 is 5.97 Å². The Labute approximate surface area is 248 Å². The lowest BCUT2D eigenvalue weighted by atomic mass is 9.59. The first-order chi connectivity index (χ1) is 19.9. The Hall–Kier alpha value is -3.29. The van der Waals surface area contributed by atoms with Crippen molar-refractivity contribution < 1.29 is 19.4 Å². The third-order valence-electron chi connectivity index (χ3n) is 11.2. The number of nitro benzene ring substituents is 2. The zero-order chi connectivity index (χ0) is 30.3. The fraction of sp³-hybridized carbons (Fsp3) is 0.618. The van der Waals surface area contributed by atoms with E-state index in [0.717, 1.165) is 54.7 Å². The first-order valence-corrected chi connectivity index (χ1v) is 15.7. The second-order valence-electron chi connectivity index (χ2n) is 13.8. The molecule has 0 aliphatic heterocycles. The summed E-state index contributed by atoms with van der Waals surface area (Å²) in [4.78, 5) is 33.9. The van der Waals surface area contributed by atoms with Gasteiger partial charge in [-0.05, 0) is 95.8 Å². The zero-order valence-corrected chi connectivity index (χ0v) is 25.6. The van der Waals surface area contributed by atoms with Crippen LogP contribution in [-0.2, 0) is 24.0 Å². The van der Waals surface area contributed by atoms with Gasteiger partial charge in [0.2, 0.25) is 0 Å². The monoisotopic (exact) mass is 576 g/mol. The van der Waals surface area contributed by atoms with Gasteiger partial charge in [-0.3, -0.25) is 20.2 Å². The number of rotatable bonds is 9. The third-order valence-corrected chi connectivity index (χ3v) is 11.2. The van der Waals surface area contributed by atoms with E-state index in [4.69, 9.17) is 4.74 Å². The molecule has 1 saturated carbocycles. The van der Waals surface area contributed by atoms with Crippen LogP contribution in [0.25, 0.3) is 0 Å². The molecule has 226 valence electrons. The van der Waals surface area contributed by atoms with Gasteiger partial charge in [0.15, 0.2) is 0 Å². The van der Waals surface area contributed by atoms with Gasteiger partial charge in [-0.2, -0.15) is 0 Å². The average molecular weight is 577 g/mol. The van der Waals surface area contributed by atoms with Crippen molar-refractivity contribution in [2.75, 3.05) is 0 Å². The van der Waals surface area contributed by atoms with Crippen LogP contribution in [0, 0.1) is 49.3 Å². The molecular weight excluding hydrogens is 532 g/mol. The topological polar surface area (TPSA) is 113 Å². The molecule has 0 aromatic heterocycles. The van der Waals surface area contributed by atoms with Crippen LogP contribution in [0.3, 0.4) is 0 Å². The maximum atomic E-state index is 12.9. The van der Waals surface area contributed by atoms with E-state index in [1.807, 2.05) is 0 Å². The quantitative estimate of drug-likeness (QED) is 0.168. The van der Waals surface area contributed by atoms with Crippen LogP contribution in [0.1, 0.15) is 112 Å². The van der Waals surface area contributed by atoms with Gasteiger partial charge in [-0.15, -0.1) is 0 Å². The van der Waals surface area contributed by atoms with Crippen molar-refractivity contribution in [1.29, 1.82) is 0 Å². The molecule has 2 aromatic rings. The van der Waals surface area contributed by atoms with Crippen LogP contribution >= 0.6 is 0 Å². The van der Waals surface area contributed by atoms with Crippen LogP contribution in [0.2, 0.25) is 0 Å². The maximum absolute atomic E-state index is 12.9. The highest BCUT2D eigenvalue weighted by atomic mass is 16.6. The van der Waals surface area contributed by atoms with Gasteiger partial charge in [-0.1, -0.05) is 59.6 Å². The Bertz CT molecular complexity index is 1350. The fourth-order valence-corrected chi connectivity index (χ4v) is 8.30. The van der Waals surface area contributed by atoms with E-state index in [1.54, 1.807) is 0 Å². The fourth-order valence-electron chi connectivity index (χ4n) is 8.30. The minimum Gasteiger partial charge on any atom is -0.458 e. The standard InChI is InChI=1S/C34H44N2O6/c1-20(2)21(3)6-7-22(4)31-12-13-32-30-10-8-23-18-27(9-11-28(23)29(30)14-15-34(31,32)5)42-33(37)24-16-25(35(38)39)19-26(17-24)36(40)41/h8,10,16-17,19-22,27,31-32H,6-7,9,11-15,18H2,1-5H3/t21-,22+,27?,31?,32?,34?/m0/s1. The minimum atomic E-state index is -0.766. The number of carbonyl (C=O) groups excluding carboxylic acids is 1. The Kier molecular flexibility index (Phi) is 8.46. The number of non-ortho nitro benzene ring substituents is 2. The molecule has 5 rings (SSSR count). The Morgan fingerprint density at radius 3 is 2.29 bits per heavy atom. The Morgan fingerprint density at radius 2 is 1.64 bits per heavy atom. The summed E-state index contributed by atoms with van der Waals surface area (Å²) in [5.74, 6) is 2.84. The van der Waals surface area contributed by atoms with Crippen molar-refractivity contribution in [2.24, 2.45) is 29.1 Å². The maximum Gasteiger partial charge on any atom is 0.338 e. The molecule has 0 bridgehead atoms. The molecule has 0 heterocycles. The number of esters is 1. The summed E-state index contributed by atoms with van der Waals surface area (Å²) in [5, 5.41) is 22.5. The predicted octanol–water partition coefficient (Wildman–Crippen LogP) is 8.37. The van der Waals surface area contributed by atoms with Gasteiger partial charge in [-0.25, -0.2) is 4.79 Å². The number of nitrogens with zero attached hydrogens (tertiary/aromatic N) is 2. The molecule has 8 nitrogen and oxygen atoms in total. The minimum absolute atomic E-state index is 0.171. The van der Waals surface area contributed by atoms with Crippen LogP contribution in [-0.4, -0.2) is 21.9 Å². The number of carbonyl (C=O) groups is 1. The first kappa shape index (κ1) is 30.2. The highest BCUT2D eigenvalue weighted by molar-refractivity contribution is 5.91. The van der Waals surface area contributed by atoms with Crippen LogP contribution in [0.4, 0.5) is 11.4 Å². The molecule has 1 fully saturated rings. The Morgan fingerprint density at radius 1 is 0.952 bits per heavy atom. The second kappa shape index (κ2) is 11.8. The average Bonchev–Trinajstić information content (AvgIpc) is 3.32. The molecule has 0 radical (unpaired) electrons. The van der Waals surface area contributed by atoms with Gasteiger partial charge < -0.3 is 4.74 Å². The zero-order valence-electron chi connectivity index (χ0n) is 25.6. The van der Waals surface area contributed by atoms with E-state index >= 15 is 0 Å². The van der Waals surface area contributed by atoms with Crippen molar-refractivity contribution >= 4 is 17.3 Å². The van der Waals surface area contributed by atoms with Crippen LogP contribution in [0.15, 0.2) is 30.3 Å². The van der Waals surface area contributed by atoms with Crippen molar-refractivity contribution in [3.05, 3.63) is 78.4 Å². The number of benzene rings is 2. The smallest absolute Gasteiger partial charge is 0.338 e. The van der Waals surface area contributed by atoms with E-state index in [0.29, 0.717) is 24.2 Å². The molecule has 4 unspecified atom stereocenters. The molecule has 0 spiro atoms. The summed E-state index contributed by atoms with van der Waals surface area (Å²) >= 11 is 0. The van der Waals surface area contributed by atoms with E-state index < -0.39 is 27.2 Å². The molecule has 2 aromatic carbocycles. The lowest BCUT2D eigenvalue weighted by Gasteiger charge is -2.45. The molecule has 0 amide bonds. The summed E-state index contributed by atoms with van der Waals surface area (Å²) in [6, 6.07) is 7.49. The summed E-state index contributed by atoms with van der Waals surface area (Å²) in [5.41, 5.74) is 4.83. The SMILES string of the molecule is CC(C)[C@@H](C)CC[C@@H](C)C1CCC2c3ccc4c(c3CCC21C)CCC(OC(=O)c1cc([N+](=O)[O-])cc([N+](=O)[O-])c1)C4. The lowest BCUT2D eigenvalue weighted by Crippen LogP contribution is -2.36. The van der Waals surface area contributed by atoms with Crippen LogP contribution < -0.4 is 0 Å². The van der Waals surface area contributed by atoms with Gasteiger partial charge in [0.1, 0.15) is 6.10 Å². The largest absolute Gasteiger partial charge is 0.458 e. The molecule has 0 saturated heterocycles. The first-order valence-electron chi connectivity index (χ1n) is 15.7. The van der Waals surface area contributed by atoms with Gasteiger partial charge in [0.25, 0.3) is 11.4 Å². The predicted molar refractivity (Wildman–Crippen MR) is 162 cm³/mol.